The van der Waals surface area contributed by atoms with E-state index in [0.717, 1.165) is 17.3 Å². The minimum atomic E-state index is -0.0463. The molecule has 0 saturated carbocycles. The molecule has 0 radical (unpaired) electrons. The van der Waals surface area contributed by atoms with Crippen molar-refractivity contribution in [1.29, 1.82) is 0 Å². The first-order chi connectivity index (χ1) is 16.1. The van der Waals surface area contributed by atoms with Crippen LogP contribution in [0, 0.1) is 0 Å². The number of hydrogen-bond acceptors (Lipinski definition) is 6. The highest BCUT2D eigenvalue weighted by Crippen LogP contribution is 2.13. The minimum Gasteiger partial charge on any atom is -0.498 e. The molecular weight excluding hydrogens is 420 g/mol. The third-order valence-corrected chi connectivity index (χ3v) is 4.62. The van der Waals surface area contributed by atoms with Crippen molar-refractivity contribution in [2.75, 3.05) is 42.7 Å². The van der Waals surface area contributed by atoms with Gasteiger partial charge in [0.05, 0.1) is 21.3 Å². The highest BCUT2D eigenvalue weighted by atomic mass is 16.5. The van der Waals surface area contributed by atoms with Gasteiger partial charge in [-0.05, 0) is 36.5 Å². The largest absolute Gasteiger partial charge is 0.498 e. The van der Waals surface area contributed by atoms with Crippen molar-refractivity contribution in [3.05, 3.63) is 108 Å². The molecule has 6 heteroatoms. The Labute approximate surface area is 198 Å². The van der Waals surface area contributed by atoms with E-state index in [1.54, 1.807) is 42.7 Å². The summed E-state index contributed by atoms with van der Waals surface area (Å²) in [7, 11) is 9.91. The molecule has 0 saturated heterocycles. The van der Waals surface area contributed by atoms with Gasteiger partial charge >= 0.3 is 0 Å². The number of methoxy groups -OCH3 is 6. The van der Waals surface area contributed by atoms with Crippen LogP contribution in [0.5, 0.6) is 0 Å². The number of hydrogen-bond donors (Lipinski definition) is 0. The highest BCUT2D eigenvalue weighted by Gasteiger charge is 2.11. The predicted molar refractivity (Wildman–Crippen MR) is 133 cm³/mol. The lowest BCUT2D eigenvalue weighted by Crippen LogP contribution is -2.11. The molecule has 6 nitrogen and oxygen atoms in total. The van der Waals surface area contributed by atoms with Gasteiger partial charge in [-0.15, -0.1) is 0 Å². The van der Waals surface area contributed by atoms with Gasteiger partial charge in [-0.25, -0.2) is 0 Å². The Kier molecular flexibility index (Phi) is 14.8. The molecule has 0 aliphatic heterocycles. The average Bonchev–Trinajstić information content (AvgIpc) is 3.34. The Hall–Kier alpha value is -3.06. The predicted octanol–water partition coefficient (Wildman–Crippen LogP) is 4.97. The van der Waals surface area contributed by atoms with Crippen LogP contribution in [0.2, 0.25) is 0 Å². The van der Waals surface area contributed by atoms with Gasteiger partial charge in [0.1, 0.15) is 35.6 Å². The zero-order valence-electron chi connectivity index (χ0n) is 20.3. The van der Waals surface area contributed by atoms with Crippen molar-refractivity contribution >= 4 is 0 Å². The SMILES string of the molecule is COC1=CC=CC=CC1OC.COC1=CC=CC=CC1OC.COC1=CC=CC=CC1OC. The van der Waals surface area contributed by atoms with Crippen molar-refractivity contribution in [3.63, 3.8) is 0 Å². The maximum atomic E-state index is 5.15. The molecule has 180 valence electrons. The third kappa shape index (κ3) is 10.4. The summed E-state index contributed by atoms with van der Waals surface area (Å²) in [4.78, 5) is 0. The molecule has 33 heavy (non-hydrogen) atoms. The van der Waals surface area contributed by atoms with E-state index in [9.17, 15) is 0 Å². The fourth-order valence-electron chi connectivity index (χ4n) is 2.84. The molecule has 0 aromatic carbocycles. The second kappa shape index (κ2) is 17.5. The van der Waals surface area contributed by atoms with E-state index in [1.807, 2.05) is 91.1 Å². The van der Waals surface area contributed by atoms with E-state index in [-0.39, 0.29) is 18.3 Å². The van der Waals surface area contributed by atoms with Crippen molar-refractivity contribution in [2.24, 2.45) is 0 Å². The Morgan fingerprint density at radius 1 is 0.394 bits per heavy atom. The molecule has 0 heterocycles. The average molecular weight is 457 g/mol. The maximum Gasteiger partial charge on any atom is 0.132 e. The van der Waals surface area contributed by atoms with E-state index in [1.165, 1.54) is 0 Å². The topological polar surface area (TPSA) is 55.4 Å². The molecule has 0 aromatic heterocycles. The van der Waals surface area contributed by atoms with Crippen LogP contribution in [-0.2, 0) is 28.4 Å². The lowest BCUT2D eigenvalue weighted by atomic mass is 10.3. The molecule has 0 N–H and O–H groups in total. The second-order valence-electron chi connectivity index (χ2n) is 6.60. The summed E-state index contributed by atoms with van der Waals surface area (Å²) in [5, 5.41) is 0. The van der Waals surface area contributed by atoms with Crippen molar-refractivity contribution < 1.29 is 28.4 Å². The van der Waals surface area contributed by atoms with E-state index in [2.05, 4.69) is 0 Å². The molecular formula is C27H36O6. The van der Waals surface area contributed by atoms with Crippen LogP contribution in [-0.4, -0.2) is 61.0 Å². The molecule has 0 aromatic rings. The Morgan fingerprint density at radius 3 is 0.879 bits per heavy atom. The van der Waals surface area contributed by atoms with Gasteiger partial charge in [0.2, 0.25) is 0 Å². The molecule has 0 fully saturated rings. The van der Waals surface area contributed by atoms with E-state index in [4.69, 9.17) is 28.4 Å². The summed E-state index contributed by atoms with van der Waals surface area (Å²) in [5.74, 6) is 2.49. The first-order valence-electron chi connectivity index (χ1n) is 10.5. The van der Waals surface area contributed by atoms with Crippen molar-refractivity contribution in [1.82, 2.24) is 0 Å². The molecule has 3 aliphatic carbocycles. The maximum absolute atomic E-state index is 5.15. The standard InChI is InChI=1S/3C9H12O2/c3*1-10-8-6-4-3-5-7-9(8)11-2/h3*3-8H,1-2H3. The van der Waals surface area contributed by atoms with Crippen LogP contribution < -0.4 is 0 Å². The van der Waals surface area contributed by atoms with Crippen LogP contribution >= 0.6 is 0 Å². The number of ether oxygens (including phenoxy) is 6. The Bertz CT molecular complexity index is 714. The minimum absolute atomic E-state index is 0.0463. The summed E-state index contributed by atoms with van der Waals surface area (Å²) in [6.45, 7) is 0. The van der Waals surface area contributed by atoms with Gasteiger partial charge in [0.25, 0.3) is 0 Å². The van der Waals surface area contributed by atoms with Crippen LogP contribution in [0.3, 0.4) is 0 Å². The van der Waals surface area contributed by atoms with Gasteiger partial charge in [0.15, 0.2) is 0 Å². The normalized spacial score (nSPS) is 22.7. The molecule has 0 amide bonds. The molecule has 3 aliphatic rings. The zero-order valence-corrected chi connectivity index (χ0v) is 20.3. The lowest BCUT2D eigenvalue weighted by Gasteiger charge is -2.12. The lowest BCUT2D eigenvalue weighted by molar-refractivity contribution is 0.110. The fourth-order valence-corrected chi connectivity index (χ4v) is 2.84. The van der Waals surface area contributed by atoms with E-state index >= 15 is 0 Å². The summed E-state index contributed by atoms with van der Waals surface area (Å²) in [6, 6.07) is 0. The summed E-state index contributed by atoms with van der Waals surface area (Å²) < 4.78 is 30.8. The van der Waals surface area contributed by atoms with Crippen molar-refractivity contribution in [2.45, 2.75) is 18.3 Å². The molecule has 0 spiro atoms. The third-order valence-electron chi connectivity index (χ3n) is 4.62. The Morgan fingerprint density at radius 2 is 0.667 bits per heavy atom. The molecule has 3 unspecified atom stereocenters. The van der Waals surface area contributed by atoms with E-state index < -0.39 is 0 Å². The highest BCUT2D eigenvalue weighted by molar-refractivity contribution is 5.26. The van der Waals surface area contributed by atoms with Gasteiger partial charge in [-0.2, -0.15) is 0 Å². The van der Waals surface area contributed by atoms with Crippen molar-refractivity contribution in [3.8, 4) is 0 Å². The number of allylic oxidation sites excluding steroid dienone is 12. The molecule has 3 rings (SSSR count). The van der Waals surface area contributed by atoms with Crippen LogP contribution in [0.4, 0.5) is 0 Å². The molecule has 3 atom stereocenters. The zero-order chi connectivity index (χ0) is 24.3. The first-order valence-corrected chi connectivity index (χ1v) is 10.5. The van der Waals surface area contributed by atoms with Crippen LogP contribution in [0.25, 0.3) is 0 Å². The smallest absolute Gasteiger partial charge is 0.132 e. The van der Waals surface area contributed by atoms with Gasteiger partial charge in [0, 0.05) is 21.3 Å². The monoisotopic (exact) mass is 456 g/mol. The van der Waals surface area contributed by atoms with E-state index in [0.29, 0.717) is 0 Å². The second-order valence-corrected chi connectivity index (χ2v) is 6.60. The van der Waals surface area contributed by atoms with Gasteiger partial charge < -0.3 is 28.4 Å². The first kappa shape index (κ1) is 28.0. The fraction of sp³-hybridized carbons (Fsp3) is 0.333. The molecule has 0 bridgehead atoms. The van der Waals surface area contributed by atoms with Gasteiger partial charge in [-0.3, -0.25) is 0 Å². The van der Waals surface area contributed by atoms with Crippen LogP contribution in [0.15, 0.2) is 108 Å². The summed E-state index contributed by atoms with van der Waals surface area (Å²) in [5.41, 5.74) is 0. The number of rotatable bonds is 6. The Balaban J connectivity index is 0.000000247. The quantitative estimate of drug-likeness (QED) is 0.562. The summed E-state index contributed by atoms with van der Waals surface area (Å²) >= 11 is 0. The van der Waals surface area contributed by atoms with Crippen LogP contribution in [0.1, 0.15) is 0 Å². The van der Waals surface area contributed by atoms with Gasteiger partial charge in [-0.1, -0.05) is 54.7 Å². The summed E-state index contributed by atoms with van der Waals surface area (Å²) in [6.07, 6.45) is 28.8.